The Bertz CT molecular complexity index is 344. The third kappa shape index (κ3) is 3.30. The van der Waals surface area contributed by atoms with Crippen molar-refractivity contribution >= 4 is 0 Å². The zero-order chi connectivity index (χ0) is 15.7. The molecule has 2 bridgehead atoms. The third-order valence-electron chi connectivity index (χ3n) is 6.80. The van der Waals surface area contributed by atoms with Crippen LogP contribution in [-0.4, -0.2) is 36.5 Å². The van der Waals surface area contributed by atoms with Crippen molar-refractivity contribution in [2.75, 3.05) is 13.2 Å². The maximum atomic E-state index is 10.0. The van der Waals surface area contributed by atoms with Crippen LogP contribution in [0.2, 0.25) is 0 Å². The molecule has 0 spiro atoms. The molecule has 3 heteroatoms. The molecule has 124 valence electrons. The largest absolute Gasteiger partial charge is 0.392 e. The lowest BCUT2D eigenvalue weighted by molar-refractivity contribution is -0.0546. The fourth-order valence-corrected chi connectivity index (χ4v) is 4.31. The first-order valence-corrected chi connectivity index (χ1v) is 8.84. The normalized spacial score (nSPS) is 36.9. The first-order valence-electron chi connectivity index (χ1n) is 8.84. The van der Waals surface area contributed by atoms with E-state index in [9.17, 15) is 5.11 Å². The first-order chi connectivity index (χ1) is 9.81. The molecule has 0 heterocycles. The monoisotopic (exact) mass is 297 g/mol. The van der Waals surface area contributed by atoms with E-state index in [1.165, 1.54) is 19.3 Å². The lowest BCUT2D eigenvalue weighted by Gasteiger charge is -2.39. The van der Waals surface area contributed by atoms with Crippen LogP contribution in [0.5, 0.6) is 0 Å². The number of hydrogen-bond acceptors (Lipinski definition) is 3. The fraction of sp³-hybridized carbons (Fsp3) is 1.00. The third-order valence-corrected chi connectivity index (χ3v) is 6.80. The molecule has 5 atom stereocenters. The SMILES string of the molecule is CC[C@@H](C)NC[C@H](O)CCO[C@@H]1C[C@@H]2CC[C@]1(C)C2(C)C. The Morgan fingerprint density at radius 2 is 2.05 bits per heavy atom. The van der Waals surface area contributed by atoms with Gasteiger partial charge in [0.2, 0.25) is 0 Å². The highest BCUT2D eigenvalue weighted by Gasteiger charge is 2.61. The smallest absolute Gasteiger partial charge is 0.0686 e. The van der Waals surface area contributed by atoms with Gasteiger partial charge in [0.05, 0.1) is 12.2 Å². The number of aliphatic hydroxyl groups excluding tert-OH is 1. The molecule has 0 aliphatic heterocycles. The summed E-state index contributed by atoms with van der Waals surface area (Å²) < 4.78 is 6.19. The van der Waals surface area contributed by atoms with E-state index in [2.05, 4.69) is 39.9 Å². The molecule has 3 nitrogen and oxygen atoms in total. The van der Waals surface area contributed by atoms with E-state index in [-0.39, 0.29) is 6.10 Å². The van der Waals surface area contributed by atoms with E-state index in [0.29, 0.717) is 36.1 Å². The minimum Gasteiger partial charge on any atom is -0.392 e. The van der Waals surface area contributed by atoms with Crippen LogP contribution in [0.15, 0.2) is 0 Å². The Hall–Kier alpha value is -0.120. The molecule has 2 N–H and O–H groups in total. The van der Waals surface area contributed by atoms with Crippen LogP contribution in [0, 0.1) is 16.7 Å². The summed E-state index contributed by atoms with van der Waals surface area (Å²) in [6, 6.07) is 0.478. The second-order valence-corrected chi connectivity index (χ2v) is 8.13. The summed E-state index contributed by atoms with van der Waals surface area (Å²) >= 11 is 0. The van der Waals surface area contributed by atoms with Gasteiger partial charge in [0.1, 0.15) is 0 Å². The summed E-state index contributed by atoms with van der Waals surface area (Å²) in [5, 5.41) is 13.4. The molecule has 21 heavy (non-hydrogen) atoms. The van der Waals surface area contributed by atoms with Crippen molar-refractivity contribution in [3.63, 3.8) is 0 Å². The van der Waals surface area contributed by atoms with Gasteiger partial charge in [-0.15, -0.1) is 0 Å². The molecular weight excluding hydrogens is 262 g/mol. The maximum Gasteiger partial charge on any atom is 0.0686 e. The second-order valence-electron chi connectivity index (χ2n) is 8.13. The molecule has 2 rings (SSSR count). The highest BCUT2D eigenvalue weighted by atomic mass is 16.5. The summed E-state index contributed by atoms with van der Waals surface area (Å²) in [6.07, 6.45) is 5.81. The zero-order valence-electron chi connectivity index (χ0n) is 14.6. The fourth-order valence-electron chi connectivity index (χ4n) is 4.31. The van der Waals surface area contributed by atoms with Crippen LogP contribution in [0.4, 0.5) is 0 Å². The Labute approximate surface area is 130 Å². The van der Waals surface area contributed by atoms with Gasteiger partial charge in [0.25, 0.3) is 0 Å². The van der Waals surface area contributed by atoms with Crippen molar-refractivity contribution in [3.05, 3.63) is 0 Å². The lowest BCUT2D eigenvalue weighted by Crippen LogP contribution is -2.38. The quantitative estimate of drug-likeness (QED) is 0.722. The summed E-state index contributed by atoms with van der Waals surface area (Å²) in [6.45, 7) is 12.9. The first kappa shape index (κ1) is 17.2. The number of fused-ring (bicyclic) bond motifs is 2. The number of ether oxygens (including phenoxy) is 1. The van der Waals surface area contributed by atoms with Gasteiger partial charge in [-0.3, -0.25) is 0 Å². The van der Waals surface area contributed by atoms with Crippen LogP contribution < -0.4 is 5.32 Å². The van der Waals surface area contributed by atoms with Crippen molar-refractivity contribution < 1.29 is 9.84 Å². The van der Waals surface area contributed by atoms with E-state index in [1.54, 1.807) is 0 Å². The highest BCUT2D eigenvalue weighted by molar-refractivity contribution is 5.11. The zero-order valence-corrected chi connectivity index (χ0v) is 14.6. The molecule has 0 saturated heterocycles. The number of hydrogen-bond donors (Lipinski definition) is 2. The van der Waals surface area contributed by atoms with E-state index in [4.69, 9.17) is 4.74 Å². The highest BCUT2D eigenvalue weighted by Crippen LogP contribution is 2.66. The van der Waals surface area contributed by atoms with Crippen LogP contribution in [0.25, 0.3) is 0 Å². The topological polar surface area (TPSA) is 41.5 Å². The molecule has 0 aromatic heterocycles. The number of aliphatic hydroxyl groups is 1. The van der Waals surface area contributed by atoms with E-state index in [0.717, 1.165) is 18.8 Å². The van der Waals surface area contributed by atoms with Crippen LogP contribution in [-0.2, 0) is 4.74 Å². The molecule has 2 saturated carbocycles. The Kier molecular flexibility index (Phi) is 5.38. The van der Waals surface area contributed by atoms with Crippen molar-refractivity contribution in [3.8, 4) is 0 Å². The van der Waals surface area contributed by atoms with Crippen molar-refractivity contribution in [1.82, 2.24) is 5.32 Å². The minimum absolute atomic E-state index is 0.293. The average Bonchev–Trinajstić information content (AvgIpc) is 2.77. The van der Waals surface area contributed by atoms with Gasteiger partial charge < -0.3 is 15.2 Å². The van der Waals surface area contributed by atoms with Crippen LogP contribution in [0.1, 0.15) is 66.7 Å². The molecule has 0 aromatic carbocycles. The van der Waals surface area contributed by atoms with Crippen LogP contribution >= 0.6 is 0 Å². The molecular formula is C18H35NO2. The molecule has 2 aliphatic rings. The van der Waals surface area contributed by atoms with Gasteiger partial charge in [0, 0.05) is 19.2 Å². The van der Waals surface area contributed by atoms with Gasteiger partial charge in [-0.1, -0.05) is 27.7 Å². The van der Waals surface area contributed by atoms with Gasteiger partial charge in [0.15, 0.2) is 0 Å². The van der Waals surface area contributed by atoms with Crippen molar-refractivity contribution in [2.24, 2.45) is 16.7 Å². The summed E-state index contributed by atoms with van der Waals surface area (Å²) in [4.78, 5) is 0. The second kappa shape index (κ2) is 6.55. The summed E-state index contributed by atoms with van der Waals surface area (Å²) in [5.41, 5.74) is 0.742. The van der Waals surface area contributed by atoms with E-state index in [1.807, 2.05) is 0 Å². The van der Waals surface area contributed by atoms with Crippen molar-refractivity contribution in [2.45, 2.75) is 85.0 Å². The predicted octanol–water partition coefficient (Wildman–Crippen LogP) is 3.36. The molecule has 2 aliphatic carbocycles. The van der Waals surface area contributed by atoms with Crippen molar-refractivity contribution in [1.29, 1.82) is 0 Å². The Balaban J connectivity index is 1.70. The molecule has 2 fully saturated rings. The molecule has 0 radical (unpaired) electrons. The van der Waals surface area contributed by atoms with Crippen LogP contribution in [0.3, 0.4) is 0 Å². The van der Waals surface area contributed by atoms with Gasteiger partial charge >= 0.3 is 0 Å². The predicted molar refractivity (Wildman–Crippen MR) is 87.3 cm³/mol. The standard InChI is InChI=1S/C18H35NO2/c1-6-13(2)19-12-15(20)8-10-21-16-11-14-7-9-18(16,5)17(14,3)4/h13-16,19-20H,6-12H2,1-5H3/t13-,14+,15-,16-,18+/m1/s1. The van der Waals surface area contributed by atoms with Gasteiger partial charge in [-0.25, -0.2) is 0 Å². The number of rotatable bonds is 8. The van der Waals surface area contributed by atoms with E-state index < -0.39 is 0 Å². The maximum absolute atomic E-state index is 10.0. The number of nitrogens with one attached hydrogen (secondary N) is 1. The lowest BCUT2D eigenvalue weighted by atomic mass is 9.70. The van der Waals surface area contributed by atoms with E-state index >= 15 is 0 Å². The Morgan fingerprint density at radius 1 is 1.33 bits per heavy atom. The van der Waals surface area contributed by atoms with Gasteiger partial charge in [-0.05, 0) is 55.8 Å². The molecule has 0 aromatic rings. The summed E-state index contributed by atoms with van der Waals surface area (Å²) in [7, 11) is 0. The molecule has 0 amide bonds. The van der Waals surface area contributed by atoms with Gasteiger partial charge in [-0.2, -0.15) is 0 Å². The Morgan fingerprint density at radius 3 is 2.57 bits per heavy atom. The summed E-state index contributed by atoms with van der Waals surface area (Å²) in [5.74, 6) is 0.824. The molecule has 0 unspecified atom stereocenters. The average molecular weight is 297 g/mol. The minimum atomic E-state index is -0.293.